The molecule has 0 bridgehead atoms. The predicted octanol–water partition coefficient (Wildman–Crippen LogP) is 6.55. The Labute approximate surface area is 206 Å². The van der Waals surface area contributed by atoms with Crippen molar-refractivity contribution in [2.24, 2.45) is 0 Å². The average Bonchev–Trinajstić information content (AvgIpc) is 3.30. The maximum atomic E-state index is 12.6. The second-order valence-electron chi connectivity index (χ2n) is 7.75. The van der Waals surface area contributed by atoms with Crippen LogP contribution in [0.25, 0.3) is 16.9 Å². The Morgan fingerprint density at radius 2 is 1.51 bits per heavy atom. The number of imidazole rings is 1. The quantitative estimate of drug-likeness (QED) is 0.266. The van der Waals surface area contributed by atoms with Crippen LogP contribution in [-0.2, 0) is 0 Å². The number of hydrogen-bond donors (Lipinski definition) is 3. The zero-order valence-electron chi connectivity index (χ0n) is 18.4. The lowest BCUT2D eigenvalue weighted by Crippen LogP contribution is -2.19. The number of benzene rings is 3. The van der Waals surface area contributed by atoms with Crippen LogP contribution in [0, 0.1) is 0 Å². The average molecular weight is 482 g/mol. The molecule has 2 heterocycles. The normalized spacial score (nSPS) is 10.7. The number of fused-ring (bicyclic) bond motifs is 1. The van der Waals surface area contributed by atoms with E-state index in [4.69, 9.17) is 11.6 Å². The van der Waals surface area contributed by atoms with Gasteiger partial charge in [0.05, 0.1) is 17.6 Å². The van der Waals surface area contributed by atoms with Gasteiger partial charge in [-0.3, -0.25) is 9.20 Å². The molecule has 3 aromatic carbocycles. The van der Waals surface area contributed by atoms with Gasteiger partial charge in [-0.1, -0.05) is 48.0 Å². The standard InChI is InChI=1S/C27H20ClN5O2/c28-20-10-5-12-22(16-20)31-27(35)30-21-11-4-9-19(15-21)24-17-29-25-23(13-6-14-33(24)25)32-26(34)18-7-2-1-3-8-18/h1-17H,(H,32,34)(H2,30,31,35). The lowest BCUT2D eigenvalue weighted by atomic mass is 10.1. The van der Waals surface area contributed by atoms with Crippen molar-refractivity contribution in [3.8, 4) is 11.3 Å². The second kappa shape index (κ2) is 9.70. The van der Waals surface area contributed by atoms with Crippen LogP contribution in [0.2, 0.25) is 5.02 Å². The van der Waals surface area contributed by atoms with E-state index in [1.807, 2.05) is 59.1 Å². The number of amides is 3. The molecular formula is C27H20ClN5O2. The summed E-state index contributed by atoms with van der Waals surface area (Å²) in [6.45, 7) is 0. The van der Waals surface area contributed by atoms with Crippen molar-refractivity contribution in [2.45, 2.75) is 0 Å². The Morgan fingerprint density at radius 1 is 0.771 bits per heavy atom. The van der Waals surface area contributed by atoms with E-state index in [9.17, 15) is 9.59 Å². The molecule has 5 rings (SSSR count). The number of pyridine rings is 1. The summed E-state index contributed by atoms with van der Waals surface area (Å²) in [5.41, 5.74) is 4.66. The number of halogens is 1. The van der Waals surface area contributed by atoms with Gasteiger partial charge in [-0.05, 0) is 54.6 Å². The summed E-state index contributed by atoms with van der Waals surface area (Å²) in [6, 6.07) is 26.7. The highest BCUT2D eigenvalue weighted by molar-refractivity contribution is 6.30. The van der Waals surface area contributed by atoms with Crippen LogP contribution in [-0.4, -0.2) is 21.3 Å². The van der Waals surface area contributed by atoms with Gasteiger partial charge in [-0.25, -0.2) is 9.78 Å². The van der Waals surface area contributed by atoms with Crippen molar-refractivity contribution in [2.75, 3.05) is 16.0 Å². The van der Waals surface area contributed by atoms with Gasteiger partial charge in [0.1, 0.15) is 0 Å². The number of nitrogens with zero attached hydrogens (tertiary/aromatic N) is 2. The van der Waals surface area contributed by atoms with Crippen LogP contribution in [0.4, 0.5) is 21.9 Å². The molecule has 0 spiro atoms. The highest BCUT2D eigenvalue weighted by Crippen LogP contribution is 2.27. The molecule has 0 aliphatic heterocycles. The van der Waals surface area contributed by atoms with Gasteiger partial charge in [0.25, 0.3) is 5.91 Å². The lowest BCUT2D eigenvalue weighted by Gasteiger charge is -2.10. The molecule has 0 saturated heterocycles. The Hall–Kier alpha value is -4.62. The van der Waals surface area contributed by atoms with Gasteiger partial charge in [-0.2, -0.15) is 0 Å². The molecule has 5 aromatic rings. The predicted molar refractivity (Wildman–Crippen MR) is 139 cm³/mol. The molecule has 35 heavy (non-hydrogen) atoms. The minimum absolute atomic E-state index is 0.208. The summed E-state index contributed by atoms with van der Waals surface area (Å²) in [4.78, 5) is 29.6. The largest absolute Gasteiger partial charge is 0.323 e. The van der Waals surface area contributed by atoms with Crippen molar-refractivity contribution >= 4 is 46.2 Å². The number of carbonyl (C=O) groups is 2. The summed E-state index contributed by atoms with van der Waals surface area (Å²) in [5, 5.41) is 9.07. The monoisotopic (exact) mass is 481 g/mol. The summed E-state index contributed by atoms with van der Waals surface area (Å²) >= 11 is 5.98. The molecule has 0 radical (unpaired) electrons. The van der Waals surface area contributed by atoms with Gasteiger partial charge >= 0.3 is 6.03 Å². The molecule has 0 saturated carbocycles. The smallest absolute Gasteiger partial charge is 0.319 e. The number of anilines is 3. The highest BCUT2D eigenvalue weighted by atomic mass is 35.5. The molecule has 0 atom stereocenters. The number of nitrogens with one attached hydrogen (secondary N) is 3. The SMILES string of the molecule is O=C(Nc1cccc(Cl)c1)Nc1cccc(-c2cnc3c(NC(=O)c4ccccc4)cccn23)c1. The first-order valence-electron chi connectivity index (χ1n) is 10.8. The third-order valence-corrected chi connectivity index (χ3v) is 5.55. The Kier molecular flexibility index (Phi) is 6.15. The number of urea groups is 1. The summed E-state index contributed by atoms with van der Waals surface area (Å²) in [7, 11) is 0. The lowest BCUT2D eigenvalue weighted by molar-refractivity contribution is 0.102. The fourth-order valence-electron chi connectivity index (χ4n) is 3.72. The highest BCUT2D eigenvalue weighted by Gasteiger charge is 2.13. The number of rotatable bonds is 5. The maximum absolute atomic E-state index is 12.6. The zero-order chi connectivity index (χ0) is 24.2. The zero-order valence-corrected chi connectivity index (χ0v) is 19.2. The Balaban J connectivity index is 1.37. The molecule has 7 nitrogen and oxygen atoms in total. The first kappa shape index (κ1) is 22.2. The van der Waals surface area contributed by atoms with E-state index >= 15 is 0 Å². The van der Waals surface area contributed by atoms with Gasteiger partial charge in [0, 0.05) is 33.7 Å². The van der Waals surface area contributed by atoms with Crippen molar-refractivity contribution < 1.29 is 9.59 Å². The van der Waals surface area contributed by atoms with E-state index < -0.39 is 0 Å². The van der Waals surface area contributed by atoms with Crippen molar-refractivity contribution in [1.29, 1.82) is 0 Å². The van der Waals surface area contributed by atoms with Crippen molar-refractivity contribution in [3.63, 3.8) is 0 Å². The Bertz CT molecular complexity index is 1530. The van der Waals surface area contributed by atoms with E-state index in [2.05, 4.69) is 20.9 Å². The topological polar surface area (TPSA) is 87.5 Å². The van der Waals surface area contributed by atoms with E-state index in [1.165, 1.54) is 0 Å². The minimum atomic E-state index is -0.381. The minimum Gasteiger partial charge on any atom is -0.319 e. The molecular weight excluding hydrogens is 462 g/mol. The van der Waals surface area contributed by atoms with E-state index in [-0.39, 0.29) is 11.9 Å². The first-order chi connectivity index (χ1) is 17.1. The van der Waals surface area contributed by atoms with Gasteiger partial charge in [0.15, 0.2) is 5.65 Å². The summed E-state index contributed by atoms with van der Waals surface area (Å²) in [5.74, 6) is -0.208. The third-order valence-electron chi connectivity index (χ3n) is 5.32. The van der Waals surface area contributed by atoms with Crippen molar-refractivity contribution in [1.82, 2.24) is 9.38 Å². The van der Waals surface area contributed by atoms with E-state index in [1.54, 1.807) is 48.7 Å². The Morgan fingerprint density at radius 3 is 2.29 bits per heavy atom. The van der Waals surface area contributed by atoms with Crippen LogP contribution < -0.4 is 16.0 Å². The van der Waals surface area contributed by atoms with Gasteiger partial charge < -0.3 is 16.0 Å². The molecule has 0 aliphatic carbocycles. The van der Waals surface area contributed by atoms with Gasteiger partial charge in [-0.15, -0.1) is 0 Å². The number of hydrogen-bond acceptors (Lipinski definition) is 3. The molecule has 0 unspecified atom stereocenters. The fraction of sp³-hybridized carbons (Fsp3) is 0. The van der Waals surface area contributed by atoms with Crippen LogP contribution in [0.3, 0.4) is 0 Å². The fourth-order valence-corrected chi connectivity index (χ4v) is 3.91. The first-order valence-corrected chi connectivity index (χ1v) is 11.2. The molecule has 0 fully saturated rings. The number of carbonyl (C=O) groups excluding carboxylic acids is 2. The summed E-state index contributed by atoms with van der Waals surface area (Å²) in [6.07, 6.45) is 3.61. The summed E-state index contributed by atoms with van der Waals surface area (Å²) < 4.78 is 1.89. The molecule has 172 valence electrons. The van der Waals surface area contributed by atoms with Crippen LogP contribution in [0.1, 0.15) is 10.4 Å². The van der Waals surface area contributed by atoms with Crippen LogP contribution in [0.5, 0.6) is 0 Å². The molecule has 3 N–H and O–H groups in total. The number of aromatic nitrogens is 2. The molecule has 0 aliphatic rings. The molecule has 8 heteroatoms. The van der Waals surface area contributed by atoms with Crippen molar-refractivity contribution in [3.05, 3.63) is 114 Å². The molecule has 3 amide bonds. The van der Waals surface area contributed by atoms with Gasteiger partial charge in [0.2, 0.25) is 0 Å². The second-order valence-corrected chi connectivity index (χ2v) is 8.19. The van der Waals surface area contributed by atoms with Crippen LogP contribution in [0.15, 0.2) is 103 Å². The third kappa shape index (κ3) is 5.00. The van der Waals surface area contributed by atoms with E-state index in [0.29, 0.717) is 33.3 Å². The maximum Gasteiger partial charge on any atom is 0.323 e. The van der Waals surface area contributed by atoms with E-state index in [0.717, 1.165) is 11.3 Å². The van der Waals surface area contributed by atoms with Crippen LogP contribution >= 0.6 is 11.6 Å². The molecule has 2 aromatic heterocycles.